The van der Waals surface area contributed by atoms with E-state index in [9.17, 15) is 5.11 Å². The van der Waals surface area contributed by atoms with E-state index in [1.165, 1.54) is 7.11 Å². The van der Waals surface area contributed by atoms with Gasteiger partial charge in [-0.1, -0.05) is 24.3 Å². The minimum Gasteiger partial charge on any atom is -0.399 e. The van der Waals surface area contributed by atoms with Crippen molar-refractivity contribution in [1.82, 2.24) is 0 Å². The van der Waals surface area contributed by atoms with Crippen molar-refractivity contribution in [3.63, 3.8) is 0 Å². The van der Waals surface area contributed by atoms with Gasteiger partial charge in [-0.25, -0.2) is 4.89 Å². The topological polar surface area (TPSA) is 64.7 Å². The number of hydrogen-bond acceptors (Lipinski definition) is 5. The Morgan fingerprint density at radius 3 is 2.47 bits per heavy atom. The number of anilines is 1. The lowest BCUT2D eigenvalue weighted by atomic mass is 10.0. The van der Waals surface area contributed by atoms with Gasteiger partial charge < -0.3 is 10.8 Å². The Balaban J connectivity index is 2.13. The Morgan fingerprint density at radius 1 is 1.11 bits per heavy atom. The van der Waals surface area contributed by atoms with Crippen molar-refractivity contribution in [2.45, 2.75) is 11.0 Å². The van der Waals surface area contributed by atoms with Crippen LogP contribution in [0.25, 0.3) is 0 Å². The monoisotopic (exact) mass is 277 g/mol. The number of nitrogens with two attached hydrogens (primary N) is 1. The highest BCUT2D eigenvalue weighted by molar-refractivity contribution is 7.94. The standard InChI is InChI=1S/C14H15NO3S/c1-17-18-19-13-7-5-10(6-8-13)14(16)11-3-2-4-12(15)9-11/h2-9,14,16H,15H2,1H3. The van der Waals surface area contributed by atoms with Gasteiger partial charge >= 0.3 is 0 Å². The third-order valence-corrected chi connectivity index (χ3v) is 3.29. The highest BCUT2D eigenvalue weighted by Gasteiger charge is 2.10. The molecule has 4 nitrogen and oxygen atoms in total. The van der Waals surface area contributed by atoms with Crippen LogP contribution in [0, 0.1) is 0 Å². The van der Waals surface area contributed by atoms with Crippen LogP contribution in [-0.4, -0.2) is 12.2 Å². The van der Waals surface area contributed by atoms with Gasteiger partial charge in [0.1, 0.15) is 6.10 Å². The maximum Gasteiger partial charge on any atom is 0.104 e. The minimum atomic E-state index is -0.689. The van der Waals surface area contributed by atoms with Gasteiger partial charge in [-0.05, 0) is 35.4 Å². The maximum absolute atomic E-state index is 10.3. The smallest absolute Gasteiger partial charge is 0.104 e. The lowest BCUT2D eigenvalue weighted by Gasteiger charge is -2.12. The van der Waals surface area contributed by atoms with Gasteiger partial charge in [0.2, 0.25) is 0 Å². The maximum atomic E-state index is 10.3. The molecule has 0 saturated heterocycles. The van der Waals surface area contributed by atoms with Gasteiger partial charge in [0.15, 0.2) is 0 Å². The van der Waals surface area contributed by atoms with Crippen LogP contribution in [0.5, 0.6) is 0 Å². The van der Waals surface area contributed by atoms with Crippen LogP contribution in [0.1, 0.15) is 17.2 Å². The van der Waals surface area contributed by atoms with Gasteiger partial charge in [0.25, 0.3) is 0 Å². The predicted octanol–water partition coefficient (Wildman–Crippen LogP) is 2.94. The fraction of sp³-hybridized carbons (Fsp3) is 0.143. The Morgan fingerprint density at radius 2 is 1.84 bits per heavy atom. The third-order valence-electron chi connectivity index (χ3n) is 2.62. The molecule has 0 aliphatic rings. The summed E-state index contributed by atoms with van der Waals surface area (Å²) in [5.41, 5.74) is 7.92. The largest absolute Gasteiger partial charge is 0.399 e. The van der Waals surface area contributed by atoms with Crippen LogP contribution < -0.4 is 5.73 Å². The van der Waals surface area contributed by atoms with Crippen molar-refractivity contribution in [3.8, 4) is 0 Å². The summed E-state index contributed by atoms with van der Waals surface area (Å²) in [7, 11) is 1.45. The van der Waals surface area contributed by atoms with E-state index in [2.05, 4.69) is 4.89 Å². The number of aliphatic hydroxyl groups is 1. The van der Waals surface area contributed by atoms with Crippen molar-refractivity contribution in [2.24, 2.45) is 0 Å². The fourth-order valence-electron chi connectivity index (χ4n) is 1.70. The molecule has 2 rings (SSSR count). The molecule has 0 aliphatic carbocycles. The Kier molecular flexibility index (Phi) is 4.81. The summed E-state index contributed by atoms with van der Waals surface area (Å²) >= 11 is 1.12. The van der Waals surface area contributed by atoms with Crippen molar-refractivity contribution in [1.29, 1.82) is 0 Å². The SMILES string of the molecule is COOSc1ccc(C(O)c2cccc(N)c2)cc1. The number of aliphatic hydroxyl groups excluding tert-OH is 1. The molecule has 5 heteroatoms. The molecule has 100 valence electrons. The minimum absolute atomic E-state index is 0.636. The zero-order chi connectivity index (χ0) is 13.7. The highest BCUT2D eigenvalue weighted by atomic mass is 32.2. The summed E-state index contributed by atoms with van der Waals surface area (Å²) in [4.78, 5) is 5.40. The molecule has 2 aromatic carbocycles. The number of nitrogen functional groups attached to an aromatic ring is 1. The molecular weight excluding hydrogens is 262 g/mol. The molecule has 0 spiro atoms. The van der Waals surface area contributed by atoms with Crippen LogP contribution in [0.4, 0.5) is 5.69 Å². The van der Waals surface area contributed by atoms with Crippen LogP contribution >= 0.6 is 12.0 Å². The second-order valence-corrected chi connectivity index (χ2v) is 4.73. The summed E-state index contributed by atoms with van der Waals surface area (Å²) in [6, 6.07) is 14.6. The molecule has 3 N–H and O–H groups in total. The molecule has 0 amide bonds. The predicted molar refractivity (Wildman–Crippen MR) is 75.3 cm³/mol. The molecule has 0 aromatic heterocycles. The Bertz CT molecular complexity index is 530. The summed E-state index contributed by atoms with van der Waals surface area (Å²) in [5, 5.41) is 10.3. The summed E-state index contributed by atoms with van der Waals surface area (Å²) in [5.74, 6) is 0. The first-order chi connectivity index (χ1) is 9.20. The second kappa shape index (κ2) is 6.58. The first-order valence-corrected chi connectivity index (χ1v) is 6.45. The molecule has 0 fully saturated rings. The number of hydrogen-bond donors (Lipinski definition) is 2. The highest BCUT2D eigenvalue weighted by Crippen LogP contribution is 2.26. The van der Waals surface area contributed by atoms with Gasteiger partial charge in [-0.2, -0.15) is 4.33 Å². The molecule has 19 heavy (non-hydrogen) atoms. The first kappa shape index (κ1) is 13.9. The van der Waals surface area contributed by atoms with E-state index in [1.807, 2.05) is 36.4 Å². The van der Waals surface area contributed by atoms with Crippen molar-refractivity contribution in [2.75, 3.05) is 12.8 Å². The van der Waals surface area contributed by atoms with E-state index in [0.29, 0.717) is 5.69 Å². The van der Waals surface area contributed by atoms with Gasteiger partial charge in [-0.15, -0.1) is 0 Å². The summed E-state index contributed by atoms with van der Waals surface area (Å²) in [6.45, 7) is 0. The lowest BCUT2D eigenvalue weighted by molar-refractivity contribution is -0.160. The van der Waals surface area contributed by atoms with Crippen LogP contribution in [0.2, 0.25) is 0 Å². The van der Waals surface area contributed by atoms with E-state index >= 15 is 0 Å². The van der Waals surface area contributed by atoms with Crippen LogP contribution in [0.15, 0.2) is 53.4 Å². The molecule has 0 heterocycles. The zero-order valence-corrected chi connectivity index (χ0v) is 11.3. The molecule has 0 aliphatic heterocycles. The average molecular weight is 277 g/mol. The van der Waals surface area contributed by atoms with E-state index in [1.54, 1.807) is 12.1 Å². The molecule has 1 atom stereocenters. The zero-order valence-electron chi connectivity index (χ0n) is 10.4. The number of rotatable bonds is 5. The summed E-state index contributed by atoms with van der Waals surface area (Å²) in [6.07, 6.45) is -0.689. The molecule has 0 bridgehead atoms. The van der Waals surface area contributed by atoms with E-state index < -0.39 is 6.10 Å². The van der Waals surface area contributed by atoms with E-state index in [0.717, 1.165) is 28.1 Å². The summed E-state index contributed by atoms with van der Waals surface area (Å²) < 4.78 is 4.76. The fourth-order valence-corrected chi connectivity index (χ4v) is 2.09. The Hall–Kier alpha value is -1.53. The quantitative estimate of drug-likeness (QED) is 0.381. The molecule has 2 aromatic rings. The van der Waals surface area contributed by atoms with Crippen molar-refractivity contribution < 1.29 is 14.3 Å². The van der Waals surface area contributed by atoms with E-state index in [-0.39, 0.29) is 0 Å². The Labute approximate surface area is 116 Å². The molecular formula is C14H15NO3S. The van der Waals surface area contributed by atoms with Crippen molar-refractivity contribution in [3.05, 3.63) is 59.7 Å². The van der Waals surface area contributed by atoms with Crippen LogP contribution in [0.3, 0.4) is 0 Å². The van der Waals surface area contributed by atoms with Gasteiger partial charge in [0.05, 0.1) is 19.2 Å². The first-order valence-electron chi connectivity index (χ1n) is 5.71. The average Bonchev–Trinajstić information content (AvgIpc) is 2.45. The van der Waals surface area contributed by atoms with Gasteiger partial charge in [-0.3, -0.25) is 0 Å². The second-order valence-electron chi connectivity index (χ2n) is 3.96. The number of benzene rings is 2. The van der Waals surface area contributed by atoms with E-state index in [4.69, 9.17) is 10.1 Å². The molecule has 0 radical (unpaired) electrons. The van der Waals surface area contributed by atoms with Gasteiger partial charge in [0, 0.05) is 10.6 Å². The third kappa shape index (κ3) is 3.71. The lowest BCUT2D eigenvalue weighted by Crippen LogP contribution is -2.00. The van der Waals surface area contributed by atoms with Crippen LogP contribution in [-0.2, 0) is 9.22 Å². The normalized spacial score (nSPS) is 12.3. The molecule has 1 unspecified atom stereocenters. The van der Waals surface area contributed by atoms with Crippen molar-refractivity contribution >= 4 is 17.7 Å². The molecule has 0 saturated carbocycles.